The van der Waals surface area contributed by atoms with Crippen molar-refractivity contribution in [3.8, 4) is 0 Å². The molecule has 0 spiro atoms. The molecule has 0 saturated heterocycles. The average molecular weight is 321 g/mol. The summed E-state index contributed by atoms with van der Waals surface area (Å²) in [5.74, 6) is 0. The molecule has 0 fully saturated rings. The number of hydrogen-bond acceptors (Lipinski definition) is 2. The van der Waals surface area contributed by atoms with E-state index < -0.39 is 8.15 Å². The normalized spacial score (nSPS) is 10.8. The average Bonchev–Trinajstić information content (AvgIpc) is 2.64. The van der Waals surface area contributed by atoms with Crippen molar-refractivity contribution in [1.29, 1.82) is 0 Å². The van der Waals surface area contributed by atoms with E-state index in [2.05, 4.69) is 59.6 Å². The molecular weight excluding hydrogens is 301 g/mol. The fourth-order valence-electron chi connectivity index (χ4n) is 2.38. The van der Waals surface area contributed by atoms with Crippen molar-refractivity contribution in [3.05, 3.63) is 90.8 Å². The minimum absolute atomic E-state index is 0.742. The van der Waals surface area contributed by atoms with Crippen LogP contribution in [0.15, 0.2) is 85.1 Å². The number of aromatic nitrogens is 1. The van der Waals surface area contributed by atoms with E-state index in [-0.39, 0.29) is 0 Å². The summed E-state index contributed by atoms with van der Waals surface area (Å²) in [6, 6.07) is 27.0. The van der Waals surface area contributed by atoms with Crippen LogP contribution in [-0.4, -0.2) is 11.6 Å². The van der Waals surface area contributed by atoms with Crippen LogP contribution in [0.5, 0.6) is 0 Å². The zero-order valence-corrected chi connectivity index (χ0v) is 13.9. The minimum Gasteiger partial charge on any atom is -0.350 e. The molecule has 2 nitrogen and oxygen atoms in total. The zero-order valence-electron chi connectivity index (χ0n) is 13.0. The summed E-state index contributed by atoms with van der Waals surface area (Å²) in [6.07, 6.45) is 3.78. The van der Waals surface area contributed by atoms with E-state index in [1.807, 2.05) is 30.5 Å². The molecular formula is C20H20NOP. The van der Waals surface area contributed by atoms with Gasteiger partial charge in [-0.1, -0.05) is 66.7 Å². The zero-order chi connectivity index (χ0) is 15.7. The van der Waals surface area contributed by atoms with E-state index in [4.69, 9.17) is 4.52 Å². The molecule has 0 atom stereocenters. The highest BCUT2D eigenvalue weighted by Gasteiger charge is 2.14. The fourth-order valence-corrected chi connectivity index (χ4v) is 4.17. The van der Waals surface area contributed by atoms with Crippen LogP contribution in [-0.2, 0) is 10.9 Å². The third kappa shape index (κ3) is 4.72. The Kier molecular flexibility index (Phi) is 5.91. The van der Waals surface area contributed by atoms with Crippen LogP contribution in [0, 0.1) is 0 Å². The van der Waals surface area contributed by atoms with Crippen molar-refractivity contribution >= 4 is 18.8 Å². The summed E-state index contributed by atoms with van der Waals surface area (Å²) in [6.45, 7) is 0.742. The van der Waals surface area contributed by atoms with Crippen LogP contribution in [0.3, 0.4) is 0 Å². The molecule has 1 heterocycles. The van der Waals surface area contributed by atoms with Crippen molar-refractivity contribution in [2.75, 3.05) is 6.61 Å². The van der Waals surface area contributed by atoms with Crippen LogP contribution in [0.4, 0.5) is 0 Å². The third-order valence-corrected chi connectivity index (χ3v) is 5.48. The predicted octanol–water partition coefficient (Wildman–Crippen LogP) is 4.08. The summed E-state index contributed by atoms with van der Waals surface area (Å²) < 4.78 is 6.27. The molecule has 1 aromatic heterocycles. The van der Waals surface area contributed by atoms with Crippen molar-refractivity contribution in [2.45, 2.75) is 12.8 Å². The van der Waals surface area contributed by atoms with Gasteiger partial charge in [-0.25, -0.2) is 0 Å². The number of benzene rings is 2. The lowest BCUT2D eigenvalue weighted by Crippen LogP contribution is -2.14. The van der Waals surface area contributed by atoms with Gasteiger partial charge in [-0.15, -0.1) is 0 Å². The lowest BCUT2D eigenvalue weighted by Gasteiger charge is -2.18. The maximum absolute atomic E-state index is 6.27. The molecule has 3 aromatic rings. The lowest BCUT2D eigenvalue weighted by molar-refractivity contribution is 0.352. The molecule has 0 aliphatic heterocycles. The van der Waals surface area contributed by atoms with Crippen LogP contribution in [0.1, 0.15) is 12.1 Å². The molecule has 3 heteroatoms. The second kappa shape index (κ2) is 8.57. The Morgan fingerprint density at radius 3 is 1.91 bits per heavy atom. The summed E-state index contributed by atoms with van der Waals surface area (Å²) in [5.41, 5.74) is 1.12. The van der Waals surface area contributed by atoms with Gasteiger partial charge in [0.05, 0.1) is 14.8 Å². The fraction of sp³-hybridized carbons (Fsp3) is 0.150. The maximum atomic E-state index is 6.27. The Hall–Kier alpha value is -2.02. The third-order valence-electron chi connectivity index (χ3n) is 3.51. The number of rotatable bonds is 7. The Morgan fingerprint density at radius 2 is 1.35 bits per heavy atom. The highest BCUT2D eigenvalue weighted by molar-refractivity contribution is 7.68. The minimum atomic E-state index is -0.752. The molecule has 0 amide bonds. The van der Waals surface area contributed by atoms with E-state index in [1.54, 1.807) is 0 Å². The number of nitrogens with zero attached hydrogens (tertiary/aromatic N) is 1. The maximum Gasteiger partial charge on any atom is 0.0917 e. The van der Waals surface area contributed by atoms with Gasteiger partial charge >= 0.3 is 0 Å². The van der Waals surface area contributed by atoms with Crippen LogP contribution < -0.4 is 10.6 Å². The lowest BCUT2D eigenvalue weighted by atomic mass is 10.2. The van der Waals surface area contributed by atoms with Crippen molar-refractivity contribution in [2.24, 2.45) is 0 Å². The molecule has 0 N–H and O–H groups in total. The molecule has 0 radical (unpaired) electrons. The van der Waals surface area contributed by atoms with Crippen LogP contribution in [0.2, 0.25) is 0 Å². The van der Waals surface area contributed by atoms with E-state index >= 15 is 0 Å². The standard InChI is InChI=1S/C20H20NOP/c1-3-12-19(13-4-1)23(20-14-5-2-6-15-20)22-17-9-11-18-10-7-8-16-21-18/h1-8,10,12-16H,9,11,17H2. The summed E-state index contributed by atoms with van der Waals surface area (Å²) in [7, 11) is -0.752. The predicted molar refractivity (Wildman–Crippen MR) is 97.6 cm³/mol. The van der Waals surface area contributed by atoms with E-state index in [0.29, 0.717) is 0 Å². The first-order valence-corrected chi connectivity index (χ1v) is 9.12. The van der Waals surface area contributed by atoms with Crippen molar-refractivity contribution in [3.63, 3.8) is 0 Å². The van der Waals surface area contributed by atoms with Gasteiger partial charge < -0.3 is 4.52 Å². The molecule has 0 aliphatic rings. The SMILES string of the molecule is c1ccc(P(OCCCc2ccccn2)c2ccccc2)cc1. The second-order valence-electron chi connectivity index (χ2n) is 5.22. The highest BCUT2D eigenvalue weighted by atomic mass is 31.1. The molecule has 3 rings (SSSR count). The van der Waals surface area contributed by atoms with Gasteiger partial charge in [0, 0.05) is 22.5 Å². The monoisotopic (exact) mass is 321 g/mol. The highest BCUT2D eigenvalue weighted by Crippen LogP contribution is 2.34. The molecule has 0 aliphatic carbocycles. The van der Waals surface area contributed by atoms with Gasteiger partial charge in [0.2, 0.25) is 0 Å². The molecule has 23 heavy (non-hydrogen) atoms. The second-order valence-corrected chi connectivity index (χ2v) is 7.10. The van der Waals surface area contributed by atoms with Gasteiger partial charge in [0.15, 0.2) is 0 Å². The van der Waals surface area contributed by atoms with Gasteiger partial charge in [0.25, 0.3) is 0 Å². The van der Waals surface area contributed by atoms with E-state index in [1.165, 1.54) is 10.6 Å². The van der Waals surface area contributed by atoms with Crippen molar-refractivity contribution in [1.82, 2.24) is 4.98 Å². The Morgan fingerprint density at radius 1 is 0.739 bits per heavy atom. The quantitative estimate of drug-likeness (QED) is 0.483. The molecule has 0 saturated carbocycles. The number of aryl methyl sites for hydroxylation is 1. The molecule has 0 bridgehead atoms. The number of hydrogen-bond donors (Lipinski definition) is 0. The van der Waals surface area contributed by atoms with Gasteiger partial charge in [-0.2, -0.15) is 0 Å². The molecule has 116 valence electrons. The van der Waals surface area contributed by atoms with Crippen LogP contribution in [0.25, 0.3) is 0 Å². The topological polar surface area (TPSA) is 22.1 Å². The van der Waals surface area contributed by atoms with Crippen LogP contribution >= 0.6 is 8.15 Å². The largest absolute Gasteiger partial charge is 0.350 e. The molecule has 2 aromatic carbocycles. The molecule has 0 unspecified atom stereocenters. The Labute approximate surface area is 139 Å². The first-order valence-electron chi connectivity index (χ1n) is 7.86. The summed E-state index contributed by atoms with van der Waals surface area (Å²) >= 11 is 0. The smallest absolute Gasteiger partial charge is 0.0917 e. The first-order chi connectivity index (χ1) is 11.4. The van der Waals surface area contributed by atoms with Crippen molar-refractivity contribution < 1.29 is 4.52 Å². The van der Waals surface area contributed by atoms with Gasteiger partial charge in [0.1, 0.15) is 0 Å². The number of pyridine rings is 1. The summed E-state index contributed by atoms with van der Waals surface area (Å²) in [5, 5.41) is 2.51. The Bertz CT molecular complexity index is 649. The van der Waals surface area contributed by atoms with Gasteiger partial charge in [-0.3, -0.25) is 4.98 Å². The van der Waals surface area contributed by atoms with E-state index in [9.17, 15) is 0 Å². The Balaban J connectivity index is 1.63. The first kappa shape index (κ1) is 15.9. The van der Waals surface area contributed by atoms with Gasteiger partial charge in [-0.05, 0) is 25.0 Å². The van der Waals surface area contributed by atoms with E-state index in [0.717, 1.165) is 25.1 Å². The summed E-state index contributed by atoms with van der Waals surface area (Å²) in [4.78, 5) is 4.36.